The van der Waals surface area contributed by atoms with E-state index in [9.17, 15) is 18.0 Å². The third-order valence-electron chi connectivity index (χ3n) is 5.11. The molecular formula is C20H20F3N3OS2. The number of aromatic nitrogens is 2. The van der Waals surface area contributed by atoms with Gasteiger partial charge in [0, 0.05) is 11.9 Å². The number of para-hydroxylation sites is 1. The first-order valence-electron chi connectivity index (χ1n) is 9.39. The number of amides is 1. The highest BCUT2D eigenvalue weighted by Crippen LogP contribution is 2.39. The van der Waals surface area contributed by atoms with E-state index in [4.69, 9.17) is 0 Å². The maximum absolute atomic E-state index is 13.3. The van der Waals surface area contributed by atoms with Crippen molar-refractivity contribution in [2.75, 3.05) is 12.8 Å². The molecule has 0 saturated carbocycles. The van der Waals surface area contributed by atoms with Gasteiger partial charge in [-0.05, 0) is 49.1 Å². The number of fused-ring (bicyclic) bond motifs is 2. The predicted octanol–water partition coefficient (Wildman–Crippen LogP) is 5.15. The Morgan fingerprint density at radius 2 is 1.97 bits per heavy atom. The lowest BCUT2D eigenvalue weighted by Crippen LogP contribution is -2.28. The number of carbonyl (C=O) groups is 1. The summed E-state index contributed by atoms with van der Waals surface area (Å²) in [5.41, 5.74) is 1.96. The van der Waals surface area contributed by atoms with Gasteiger partial charge < -0.3 is 5.32 Å². The van der Waals surface area contributed by atoms with E-state index in [0.29, 0.717) is 5.52 Å². The first kappa shape index (κ1) is 20.3. The molecule has 4 rings (SSSR count). The highest BCUT2D eigenvalue weighted by atomic mass is 32.2. The highest BCUT2D eigenvalue weighted by molar-refractivity contribution is 8.00. The summed E-state index contributed by atoms with van der Waals surface area (Å²) < 4.78 is 42.3. The number of halogens is 3. The number of nitrogens with zero attached hydrogens (tertiary/aromatic N) is 2. The Bertz CT molecular complexity index is 1060. The van der Waals surface area contributed by atoms with Crippen LogP contribution >= 0.6 is 23.1 Å². The lowest BCUT2D eigenvalue weighted by Gasteiger charge is -2.13. The van der Waals surface area contributed by atoms with Gasteiger partial charge in [0.15, 0.2) is 5.69 Å². The molecule has 0 aliphatic heterocycles. The second-order valence-electron chi connectivity index (χ2n) is 6.93. The molecule has 0 bridgehead atoms. The summed E-state index contributed by atoms with van der Waals surface area (Å²) in [6.07, 6.45) is 1.65. The Balaban J connectivity index is 1.50. The third-order valence-corrected chi connectivity index (χ3v) is 7.55. The normalized spacial score (nSPS) is 14.2. The Morgan fingerprint density at radius 3 is 2.69 bits per heavy atom. The van der Waals surface area contributed by atoms with Crippen LogP contribution in [0.2, 0.25) is 0 Å². The van der Waals surface area contributed by atoms with Crippen molar-refractivity contribution < 1.29 is 18.0 Å². The van der Waals surface area contributed by atoms with Crippen LogP contribution in [0, 0.1) is 0 Å². The predicted molar refractivity (Wildman–Crippen MR) is 110 cm³/mol. The number of thiophene rings is 1. The van der Waals surface area contributed by atoms with Gasteiger partial charge >= 0.3 is 6.18 Å². The van der Waals surface area contributed by atoms with E-state index in [1.165, 1.54) is 31.9 Å². The summed E-state index contributed by atoms with van der Waals surface area (Å²) in [6.45, 7) is 0.383. The molecular weight excluding hydrogens is 419 g/mol. The molecule has 0 atom stereocenters. The zero-order chi connectivity index (χ0) is 20.6. The van der Waals surface area contributed by atoms with Crippen molar-refractivity contribution in [2.24, 2.45) is 0 Å². The maximum Gasteiger partial charge on any atom is 0.435 e. The van der Waals surface area contributed by atoms with Crippen LogP contribution < -0.4 is 5.32 Å². The molecule has 29 heavy (non-hydrogen) atoms. The summed E-state index contributed by atoms with van der Waals surface area (Å²) in [5, 5.41) is 6.70. The maximum atomic E-state index is 13.3. The molecule has 1 amide bonds. The third kappa shape index (κ3) is 3.90. The largest absolute Gasteiger partial charge is 0.435 e. The van der Waals surface area contributed by atoms with E-state index < -0.39 is 11.9 Å². The average molecular weight is 440 g/mol. The van der Waals surface area contributed by atoms with Crippen LogP contribution in [-0.2, 0) is 25.6 Å². The van der Waals surface area contributed by atoms with Crippen molar-refractivity contribution in [1.29, 1.82) is 0 Å². The second-order valence-corrected chi connectivity index (χ2v) is 9.03. The van der Waals surface area contributed by atoms with E-state index >= 15 is 0 Å². The van der Waals surface area contributed by atoms with Crippen molar-refractivity contribution >= 4 is 39.9 Å². The number of rotatable bonds is 5. The molecule has 2 heterocycles. The summed E-state index contributed by atoms with van der Waals surface area (Å²) in [5.74, 6) is -0.152. The van der Waals surface area contributed by atoms with Gasteiger partial charge in [-0.25, -0.2) is 0 Å². The molecule has 154 valence electrons. The molecule has 2 aromatic heterocycles. The molecule has 0 unspecified atom stereocenters. The first-order chi connectivity index (χ1) is 13.9. The fraction of sp³-hybridized carbons (Fsp3) is 0.400. The number of hydrogen-bond donors (Lipinski definition) is 1. The minimum absolute atomic E-state index is 0.0725. The van der Waals surface area contributed by atoms with Gasteiger partial charge in [-0.2, -0.15) is 18.3 Å². The minimum Gasteiger partial charge on any atom is -0.349 e. The average Bonchev–Trinajstić information content (AvgIpc) is 3.27. The summed E-state index contributed by atoms with van der Waals surface area (Å²) in [4.78, 5) is 13.5. The van der Waals surface area contributed by atoms with Gasteiger partial charge in [0.2, 0.25) is 0 Å². The summed E-state index contributed by atoms with van der Waals surface area (Å²) in [6, 6.07) is 6.28. The molecule has 0 spiro atoms. The van der Waals surface area contributed by atoms with Crippen LogP contribution in [0.4, 0.5) is 13.2 Å². The molecule has 1 aromatic carbocycles. The zero-order valence-corrected chi connectivity index (χ0v) is 17.4. The van der Waals surface area contributed by atoms with Crippen LogP contribution in [0.3, 0.4) is 0 Å². The monoisotopic (exact) mass is 439 g/mol. The van der Waals surface area contributed by atoms with Gasteiger partial charge in [0.05, 0.1) is 21.1 Å². The van der Waals surface area contributed by atoms with Crippen LogP contribution in [0.15, 0.2) is 28.5 Å². The van der Waals surface area contributed by atoms with Crippen molar-refractivity contribution in [3.05, 3.63) is 46.0 Å². The fourth-order valence-corrected chi connectivity index (χ4v) is 5.91. The van der Waals surface area contributed by atoms with E-state index in [2.05, 4.69) is 10.4 Å². The van der Waals surface area contributed by atoms with Crippen molar-refractivity contribution in [3.63, 3.8) is 0 Å². The smallest absolute Gasteiger partial charge is 0.349 e. The lowest BCUT2D eigenvalue weighted by molar-refractivity contribution is -0.140. The lowest BCUT2D eigenvalue weighted by atomic mass is 9.94. The van der Waals surface area contributed by atoms with Crippen molar-refractivity contribution in [3.8, 4) is 0 Å². The Kier molecular flexibility index (Phi) is 5.61. The van der Waals surface area contributed by atoms with Crippen LogP contribution in [0.1, 0.15) is 39.3 Å². The van der Waals surface area contributed by atoms with Gasteiger partial charge in [-0.3, -0.25) is 9.48 Å². The zero-order valence-electron chi connectivity index (χ0n) is 15.8. The minimum atomic E-state index is -4.52. The van der Waals surface area contributed by atoms with Gasteiger partial charge in [-0.1, -0.05) is 18.2 Å². The molecule has 1 N–H and O–H groups in total. The standard InChI is InChI=1S/C20H20F3N3OS2/c1-28-19-13-7-3-2-6-12(13)16(29-19)18(27)24-10-11-26-15-9-5-4-8-14(15)17(25-26)20(21,22)23/h4-5,8-9H,2-3,6-7,10-11H2,1H3,(H,24,27). The van der Waals surface area contributed by atoms with Gasteiger partial charge in [-0.15, -0.1) is 23.1 Å². The SMILES string of the molecule is CSc1sc(C(=O)NCCn2nc(C(F)(F)F)c3ccccc32)c2c1CCCC2. The van der Waals surface area contributed by atoms with Crippen LogP contribution in [-0.4, -0.2) is 28.5 Å². The molecule has 9 heteroatoms. The number of benzene rings is 1. The quantitative estimate of drug-likeness (QED) is 0.560. The molecule has 1 aliphatic rings. The number of hydrogen-bond acceptors (Lipinski definition) is 4. The molecule has 3 aromatic rings. The number of alkyl halides is 3. The topological polar surface area (TPSA) is 46.9 Å². The Labute approximate surface area is 174 Å². The second kappa shape index (κ2) is 8.02. The molecule has 1 aliphatic carbocycles. The van der Waals surface area contributed by atoms with Crippen LogP contribution in [0.5, 0.6) is 0 Å². The summed E-state index contributed by atoms with van der Waals surface area (Å²) >= 11 is 3.19. The Hall–Kier alpha value is -2.00. The fourth-order valence-electron chi connectivity index (χ4n) is 3.81. The number of nitrogens with one attached hydrogen (secondary N) is 1. The molecule has 0 saturated heterocycles. The number of carbonyl (C=O) groups excluding carboxylic acids is 1. The molecule has 0 radical (unpaired) electrons. The summed E-state index contributed by atoms with van der Waals surface area (Å²) in [7, 11) is 0. The van der Waals surface area contributed by atoms with E-state index in [1.54, 1.807) is 30.0 Å². The molecule has 4 nitrogen and oxygen atoms in total. The van der Waals surface area contributed by atoms with Crippen molar-refractivity contribution in [2.45, 2.75) is 42.6 Å². The van der Waals surface area contributed by atoms with E-state index in [1.807, 2.05) is 6.26 Å². The number of thioether (sulfide) groups is 1. The Morgan fingerprint density at radius 1 is 1.24 bits per heavy atom. The highest BCUT2D eigenvalue weighted by Gasteiger charge is 2.36. The van der Waals surface area contributed by atoms with E-state index in [0.717, 1.165) is 36.1 Å². The van der Waals surface area contributed by atoms with Crippen molar-refractivity contribution in [1.82, 2.24) is 15.1 Å². The van der Waals surface area contributed by atoms with Gasteiger partial charge in [0.1, 0.15) is 0 Å². The first-order valence-corrected chi connectivity index (χ1v) is 11.4. The molecule has 0 fully saturated rings. The van der Waals surface area contributed by atoms with E-state index in [-0.39, 0.29) is 24.4 Å². The van der Waals surface area contributed by atoms with Crippen LogP contribution in [0.25, 0.3) is 10.9 Å². The van der Waals surface area contributed by atoms with Gasteiger partial charge in [0.25, 0.3) is 5.91 Å².